The molecule has 3 nitrogen and oxygen atoms in total. The van der Waals surface area contributed by atoms with Gasteiger partial charge in [-0.1, -0.05) is 24.3 Å². The second-order valence-corrected chi connectivity index (χ2v) is 6.09. The number of nitrogens with one attached hydrogen (secondary N) is 1. The van der Waals surface area contributed by atoms with Crippen molar-refractivity contribution >= 4 is 0 Å². The molecule has 1 N–H and O–H groups in total. The summed E-state index contributed by atoms with van der Waals surface area (Å²) in [6.45, 7) is 5.39. The van der Waals surface area contributed by atoms with Gasteiger partial charge in [-0.05, 0) is 37.4 Å². The summed E-state index contributed by atoms with van der Waals surface area (Å²) in [6.07, 6.45) is 3.58. The third-order valence-corrected chi connectivity index (χ3v) is 4.87. The van der Waals surface area contributed by atoms with Gasteiger partial charge in [-0.3, -0.25) is 0 Å². The van der Waals surface area contributed by atoms with Crippen LogP contribution in [-0.4, -0.2) is 50.8 Å². The van der Waals surface area contributed by atoms with Crippen LogP contribution in [0.4, 0.5) is 0 Å². The highest BCUT2D eigenvalue weighted by Gasteiger charge is 2.26. The predicted octanol–water partition coefficient (Wildman–Crippen LogP) is 1.71. The molecule has 3 rings (SSSR count). The van der Waals surface area contributed by atoms with Gasteiger partial charge in [-0.2, -0.15) is 0 Å². The monoisotopic (exact) mass is 274 g/mol. The Balaban J connectivity index is 1.59. The second-order valence-electron chi connectivity index (χ2n) is 6.09. The van der Waals surface area contributed by atoms with E-state index in [1.807, 2.05) is 0 Å². The minimum Gasteiger partial charge on any atom is -0.381 e. The fraction of sp³-hybridized carbons (Fsp3) is 0.647. The Labute approximate surface area is 122 Å². The maximum atomic E-state index is 5.55. The van der Waals surface area contributed by atoms with E-state index in [0.29, 0.717) is 12.0 Å². The molecule has 2 aliphatic rings. The van der Waals surface area contributed by atoms with Crippen LogP contribution in [0.2, 0.25) is 0 Å². The van der Waals surface area contributed by atoms with E-state index < -0.39 is 0 Å². The summed E-state index contributed by atoms with van der Waals surface area (Å²) in [6, 6.07) is 9.48. The summed E-state index contributed by atoms with van der Waals surface area (Å²) in [5, 5.41) is 3.51. The van der Waals surface area contributed by atoms with Crippen molar-refractivity contribution in [1.82, 2.24) is 10.2 Å². The molecule has 2 heterocycles. The second kappa shape index (κ2) is 6.70. The molecule has 2 atom stereocenters. The van der Waals surface area contributed by atoms with Crippen LogP contribution in [-0.2, 0) is 17.6 Å². The number of likely N-dealkylation sites (N-methyl/N-ethyl adjacent to an activating group) is 1. The lowest BCUT2D eigenvalue weighted by Gasteiger charge is -2.29. The molecule has 2 aliphatic heterocycles. The van der Waals surface area contributed by atoms with Gasteiger partial charge in [0.1, 0.15) is 0 Å². The highest BCUT2D eigenvalue weighted by atomic mass is 16.5. The van der Waals surface area contributed by atoms with Gasteiger partial charge in [-0.25, -0.2) is 0 Å². The molecule has 0 amide bonds. The SMILES string of the molecule is CNC(CN1CCc2ccccc2CC1)C1CCOC1. The molecule has 110 valence electrons. The van der Waals surface area contributed by atoms with Gasteiger partial charge in [0.15, 0.2) is 0 Å². The summed E-state index contributed by atoms with van der Waals surface area (Å²) >= 11 is 0. The molecule has 3 heteroatoms. The van der Waals surface area contributed by atoms with Crippen LogP contribution in [0.25, 0.3) is 0 Å². The number of hydrogen-bond acceptors (Lipinski definition) is 3. The van der Waals surface area contributed by atoms with Crippen LogP contribution in [0.15, 0.2) is 24.3 Å². The van der Waals surface area contributed by atoms with Crippen molar-refractivity contribution in [3.8, 4) is 0 Å². The molecule has 1 aromatic carbocycles. The summed E-state index contributed by atoms with van der Waals surface area (Å²) in [5.41, 5.74) is 3.08. The number of fused-ring (bicyclic) bond motifs is 1. The van der Waals surface area contributed by atoms with Crippen LogP contribution in [0.1, 0.15) is 17.5 Å². The van der Waals surface area contributed by atoms with E-state index in [4.69, 9.17) is 4.74 Å². The van der Waals surface area contributed by atoms with Crippen LogP contribution in [0, 0.1) is 5.92 Å². The summed E-state index contributed by atoms with van der Waals surface area (Å²) in [5.74, 6) is 0.686. The Morgan fingerprint density at radius 3 is 2.50 bits per heavy atom. The fourth-order valence-electron chi connectivity index (χ4n) is 3.52. The van der Waals surface area contributed by atoms with E-state index in [0.717, 1.165) is 19.8 Å². The summed E-state index contributed by atoms with van der Waals surface area (Å²) in [4.78, 5) is 2.62. The molecule has 0 spiro atoms. The summed E-state index contributed by atoms with van der Waals surface area (Å²) < 4.78 is 5.55. The zero-order valence-electron chi connectivity index (χ0n) is 12.5. The average Bonchev–Trinajstić information content (AvgIpc) is 2.94. The van der Waals surface area contributed by atoms with Crippen LogP contribution in [0.3, 0.4) is 0 Å². The van der Waals surface area contributed by atoms with E-state index in [9.17, 15) is 0 Å². The Morgan fingerprint density at radius 1 is 1.25 bits per heavy atom. The molecule has 2 unspecified atom stereocenters. The Bertz CT molecular complexity index is 402. The first-order valence-electron chi connectivity index (χ1n) is 7.91. The maximum absolute atomic E-state index is 5.55. The van der Waals surface area contributed by atoms with Crippen molar-refractivity contribution in [3.05, 3.63) is 35.4 Å². The smallest absolute Gasteiger partial charge is 0.0510 e. The standard InChI is InChI=1S/C17H26N2O/c1-18-17(16-8-11-20-13-16)12-19-9-6-14-4-2-3-5-15(14)7-10-19/h2-5,16-18H,6-13H2,1H3. The molecule has 0 aliphatic carbocycles. The van der Waals surface area contributed by atoms with E-state index in [1.165, 1.54) is 32.4 Å². The molecule has 1 aromatic rings. The Morgan fingerprint density at radius 2 is 1.95 bits per heavy atom. The number of benzene rings is 1. The first-order chi connectivity index (χ1) is 9.86. The molecule has 0 bridgehead atoms. The van der Waals surface area contributed by atoms with Gasteiger partial charge >= 0.3 is 0 Å². The van der Waals surface area contributed by atoms with Gasteiger partial charge in [0.25, 0.3) is 0 Å². The van der Waals surface area contributed by atoms with E-state index in [1.54, 1.807) is 11.1 Å². The zero-order chi connectivity index (χ0) is 13.8. The highest BCUT2D eigenvalue weighted by molar-refractivity contribution is 5.28. The third kappa shape index (κ3) is 3.22. The molecule has 20 heavy (non-hydrogen) atoms. The molecular weight excluding hydrogens is 248 g/mol. The Hall–Kier alpha value is -0.900. The average molecular weight is 274 g/mol. The maximum Gasteiger partial charge on any atom is 0.0510 e. The van der Waals surface area contributed by atoms with Crippen molar-refractivity contribution in [2.45, 2.75) is 25.3 Å². The predicted molar refractivity (Wildman–Crippen MR) is 82.1 cm³/mol. The molecular formula is C17H26N2O. The highest BCUT2D eigenvalue weighted by Crippen LogP contribution is 2.20. The van der Waals surface area contributed by atoms with E-state index in [-0.39, 0.29) is 0 Å². The lowest BCUT2D eigenvalue weighted by Crippen LogP contribution is -2.45. The van der Waals surface area contributed by atoms with Gasteiger partial charge in [0, 0.05) is 38.2 Å². The lowest BCUT2D eigenvalue weighted by molar-refractivity contribution is 0.164. The number of rotatable bonds is 4. The van der Waals surface area contributed by atoms with Gasteiger partial charge < -0.3 is 15.0 Å². The number of ether oxygens (including phenoxy) is 1. The number of hydrogen-bond donors (Lipinski definition) is 1. The van der Waals surface area contributed by atoms with E-state index >= 15 is 0 Å². The van der Waals surface area contributed by atoms with Crippen LogP contribution < -0.4 is 5.32 Å². The molecule has 0 radical (unpaired) electrons. The van der Waals surface area contributed by atoms with Crippen molar-refractivity contribution in [2.24, 2.45) is 5.92 Å². The largest absolute Gasteiger partial charge is 0.381 e. The minimum atomic E-state index is 0.568. The molecule has 1 fully saturated rings. The third-order valence-electron chi connectivity index (χ3n) is 4.87. The van der Waals surface area contributed by atoms with Gasteiger partial charge in [0.2, 0.25) is 0 Å². The van der Waals surface area contributed by atoms with Gasteiger partial charge in [-0.15, -0.1) is 0 Å². The lowest BCUT2D eigenvalue weighted by atomic mass is 9.98. The minimum absolute atomic E-state index is 0.568. The van der Waals surface area contributed by atoms with Gasteiger partial charge in [0.05, 0.1) is 6.61 Å². The normalized spacial score (nSPS) is 25.1. The Kier molecular flexibility index (Phi) is 4.71. The van der Waals surface area contributed by atoms with Crippen LogP contribution >= 0.6 is 0 Å². The number of nitrogens with zero attached hydrogens (tertiary/aromatic N) is 1. The van der Waals surface area contributed by atoms with Crippen molar-refractivity contribution in [1.29, 1.82) is 0 Å². The first-order valence-corrected chi connectivity index (χ1v) is 7.91. The summed E-state index contributed by atoms with van der Waals surface area (Å²) in [7, 11) is 2.09. The quantitative estimate of drug-likeness (QED) is 0.904. The zero-order valence-corrected chi connectivity index (χ0v) is 12.5. The fourth-order valence-corrected chi connectivity index (χ4v) is 3.52. The van der Waals surface area contributed by atoms with Crippen molar-refractivity contribution in [3.63, 3.8) is 0 Å². The molecule has 0 saturated carbocycles. The van der Waals surface area contributed by atoms with Crippen molar-refractivity contribution in [2.75, 3.05) is 39.9 Å². The topological polar surface area (TPSA) is 24.5 Å². The first kappa shape index (κ1) is 14.1. The van der Waals surface area contributed by atoms with E-state index in [2.05, 4.69) is 41.5 Å². The molecule has 0 aromatic heterocycles. The van der Waals surface area contributed by atoms with Crippen LogP contribution in [0.5, 0.6) is 0 Å². The molecule has 1 saturated heterocycles. The van der Waals surface area contributed by atoms with Crippen molar-refractivity contribution < 1.29 is 4.74 Å².